The van der Waals surface area contributed by atoms with Gasteiger partial charge < -0.3 is 10.6 Å². The number of nitrogens with one attached hydrogen (secondary N) is 2. The summed E-state index contributed by atoms with van der Waals surface area (Å²) in [7, 11) is 0. The van der Waals surface area contributed by atoms with Crippen LogP contribution in [0.15, 0.2) is 60.9 Å². The zero-order valence-electron chi connectivity index (χ0n) is 15.0. The third-order valence-corrected chi connectivity index (χ3v) is 4.14. The Bertz CT molecular complexity index is 891. The van der Waals surface area contributed by atoms with Crippen LogP contribution in [0.5, 0.6) is 0 Å². The van der Waals surface area contributed by atoms with Crippen molar-refractivity contribution < 1.29 is 4.79 Å². The summed E-state index contributed by atoms with van der Waals surface area (Å²) in [6.45, 7) is 5.24. The first-order valence-corrected chi connectivity index (χ1v) is 8.56. The maximum Gasteiger partial charge on any atom is 0.271 e. The Labute approximate surface area is 153 Å². The van der Waals surface area contributed by atoms with Gasteiger partial charge >= 0.3 is 0 Å². The van der Waals surface area contributed by atoms with Crippen molar-refractivity contribution >= 4 is 11.7 Å². The number of rotatable bonds is 6. The number of amides is 1. The highest BCUT2D eigenvalue weighted by Gasteiger charge is 2.08. The maximum absolute atomic E-state index is 12.2. The first-order valence-electron chi connectivity index (χ1n) is 8.56. The molecular weight excluding hydrogens is 324 g/mol. The van der Waals surface area contributed by atoms with Gasteiger partial charge in [-0.1, -0.05) is 54.1 Å². The second-order valence-corrected chi connectivity index (χ2v) is 6.24. The van der Waals surface area contributed by atoms with E-state index in [9.17, 15) is 4.79 Å². The Balaban J connectivity index is 1.55. The van der Waals surface area contributed by atoms with Crippen molar-refractivity contribution in [2.75, 3.05) is 5.32 Å². The van der Waals surface area contributed by atoms with Gasteiger partial charge in [-0.25, -0.2) is 9.97 Å². The van der Waals surface area contributed by atoms with Crippen LogP contribution in [0.2, 0.25) is 0 Å². The lowest BCUT2D eigenvalue weighted by molar-refractivity contribution is 0.0945. The number of carbonyl (C=O) groups excluding carboxylic acids is 1. The molecule has 26 heavy (non-hydrogen) atoms. The molecule has 5 heteroatoms. The monoisotopic (exact) mass is 346 g/mol. The second-order valence-electron chi connectivity index (χ2n) is 6.24. The number of aryl methyl sites for hydroxylation is 2. The summed E-state index contributed by atoms with van der Waals surface area (Å²) in [6.07, 6.45) is 3.08. The van der Waals surface area contributed by atoms with Gasteiger partial charge in [0.2, 0.25) is 0 Å². The molecule has 0 atom stereocenters. The number of carbonyl (C=O) groups is 1. The van der Waals surface area contributed by atoms with E-state index in [1.807, 2.05) is 43.3 Å². The molecule has 0 aliphatic heterocycles. The average molecular weight is 346 g/mol. The SMILES string of the molecule is Cc1cccc(CNC(=O)c2cnc(NCc3ccccc3C)cn2)c1. The highest BCUT2D eigenvalue weighted by atomic mass is 16.1. The number of hydrogen-bond donors (Lipinski definition) is 2. The fourth-order valence-corrected chi connectivity index (χ4v) is 2.63. The van der Waals surface area contributed by atoms with E-state index in [-0.39, 0.29) is 5.91 Å². The van der Waals surface area contributed by atoms with Gasteiger partial charge in [-0.05, 0) is 30.5 Å². The van der Waals surface area contributed by atoms with Gasteiger partial charge in [-0.2, -0.15) is 0 Å². The van der Waals surface area contributed by atoms with Crippen molar-refractivity contribution in [3.63, 3.8) is 0 Å². The van der Waals surface area contributed by atoms with Crippen LogP contribution in [0.4, 0.5) is 5.82 Å². The van der Waals surface area contributed by atoms with Gasteiger partial charge in [-0.15, -0.1) is 0 Å². The van der Waals surface area contributed by atoms with E-state index < -0.39 is 0 Å². The van der Waals surface area contributed by atoms with E-state index in [1.54, 1.807) is 6.20 Å². The fraction of sp³-hybridized carbons (Fsp3) is 0.190. The van der Waals surface area contributed by atoms with Gasteiger partial charge in [0, 0.05) is 13.1 Å². The van der Waals surface area contributed by atoms with E-state index in [0.717, 1.165) is 5.56 Å². The molecule has 0 bridgehead atoms. The first kappa shape index (κ1) is 17.6. The summed E-state index contributed by atoms with van der Waals surface area (Å²) in [5.74, 6) is 0.410. The molecule has 1 aromatic heterocycles. The fourth-order valence-electron chi connectivity index (χ4n) is 2.63. The molecule has 5 nitrogen and oxygen atoms in total. The molecule has 1 amide bonds. The topological polar surface area (TPSA) is 66.9 Å². The predicted molar refractivity (Wildman–Crippen MR) is 103 cm³/mol. The van der Waals surface area contributed by atoms with Crippen molar-refractivity contribution in [3.05, 3.63) is 88.9 Å². The molecule has 1 heterocycles. The first-order chi connectivity index (χ1) is 12.6. The van der Waals surface area contributed by atoms with Crippen LogP contribution in [0.3, 0.4) is 0 Å². The van der Waals surface area contributed by atoms with Crippen LogP contribution >= 0.6 is 0 Å². The molecule has 0 radical (unpaired) electrons. The van der Waals surface area contributed by atoms with Gasteiger partial charge in [0.1, 0.15) is 11.5 Å². The molecular formula is C21H22N4O. The van der Waals surface area contributed by atoms with Crippen molar-refractivity contribution in [1.82, 2.24) is 15.3 Å². The van der Waals surface area contributed by atoms with E-state index in [1.165, 1.54) is 22.9 Å². The van der Waals surface area contributed by atoms with Crippen LogP contribution in [0.1, 0.15) is 32.7 Å². The van der Waals surface area contributed by atoms with Gasteiger partial charge in [-0.3, -0.25) is 4.79 Å². The maximum atomic E-state index is 12.2. The van der Waals surface area contributed by atoms with Crippen molar-refractivity contribution in [2.24, 2.45) is 0 Å². The summed E-state index contributed by atoms with van der Waals surface area (Å²) in [6, 6.07) is 16.2. The minimum absolute atomic E-state index is 0.232. The summed E-state index contributed by atoms with van der Waals surface area (Å²) in [4.78, 5) is 20.7. The number of hydrogen-bond acceptors (Lipinski definition) is 4. The van der Waals surface area contributed by atoms with Crippen LogP contribution < -0.4 is 10.6 Å². The minimum atomic E-state index is -0.232. The second kappa shape index (κ2) is 8.25. The number of benzene rings is 2. The van der Waals surface area contributed by atoms with Gasteiger partial charge in [0.25, 0.3) is 5.91 Å². The molecule has 0 saturated heterocycles. The molecule has 3 aromatic rings. The molecule has 3 rings (SSSR count). The number of aromatic nitrogens is 2. The summed E-state index contributed by atoms with van der Waals surface area (Å²) >= 11 is 0. The molecule has 0 aliphatic carbocycles. The number of nitrogens with zero attached hydrogens (tertiary/aromatic N) is 2. The largest absolute Gasteiger partial charge is 0.365 e. The van der Waals surface area contributed by atoms with Crippen LogP contribution in [-0.4, -0.2) is 15.9 Å². The van der Waals surface area contributed by atoms with E-state index >= 15 is 0 Å². The Morgan fingerprint density at radius 2 is 1.81 bits per heavy atom. The molecule has 132 valence electrons. The Morgan fingerprint density at radius 3 is 2.54 bits per heavy atom. The molecule has 0 fully saturated rings. The molecule has 0 aliphatic rings. The molecule has 0 spiro atoms. The summed E-state index contributed by atoms with van der Waals surface area (Å²) in [5, 5.41) is 6.09. The van der Waals surface area contributed by atoms with Crippen molar-refractivity contribution in [3.8, 4) is 0 Å². The third-order valence-electron chi connectivity index (χ3n) is 4.14. The van der Waals surface area contributed by atoms with Gasteiger partial charge in [0.15, 0.2) is 0 Å². The molecule has 2 aromatic carbocycles. The average Bonchev–Trinajstić information content (AvgIpc) is 2.66. The molecule has 0 unspecified atom stereocenters. The zero-order chi connectivity index (χ0) is 18.4. The standard InChI is InChI=1S/C21H22N4O/c1-15-6-5-8-17(10-15)11-25-21(26)19-13-24-20(14-22-19)23-12-18-9-4-3-7-16(18)2/h3-10,13-14H,11-12H2,1-2H3,(H,23,24)(H,25,26). The van der Waals surface area contributed by atoms with Crippen LogP contribution in [0, 0.1) is 13.8 Å². The van der Waals surface area contributed by atoms with E-state index in [0.29, 0.717) is 24.6 Å². The quantitative estimate of drug-likeness (QED) is 0.715. The molecule has 2 N–H and O–H groups in total. The lowest BCUT2D eigenvalue weighted by Gasteiger charge is -2.09. The Morgan fingerprint density at radius 1 is 0.962 bits per heavy atom. The van der Waals surface area contributed by atoms with Crippen LogP contribution in [0.25, 0.3) is 0 Å². The van der Waals surface area contributed by atoms with E-state index in [2.05, 4.69) is 39.7 Å². The summed E-state index contributed by atoms with van der Waals surface area (Å²) in [5.41, 5.74) is 4.96. The Hall–Kier alpha value is -3.21. The smallest absolute Gasteiger partial charge is 0.271 e. The minimum Gasteiger partial charge on any atom is -0.365 e. The van der Waals surface area contributed by atoms with Crippen LogP contribution in [-0.2, 0) is 13.1 Å². The lowest BCUT2D eigenvalue weighted by Crippen LogP contribution is -2.24. The predicted octanol–water partition coefficient (Wildman–Crippen LogP) is 3.64. The summed E-state index contributed by atoms with van der Waals surface area (Å²) < 4.78 is 0. The third kappa shape index (κ3) is 4.66. The normalized spacial score (nSPS) is 10.4. The highest BCUT2D eigenvalue weighted by Crippen LogP contribution is 2.10. The molecule has 0 saturated carbocycles. The highest BCUT2D eigenvalue weighted by molar-refractivity contribution is 5.91. The lowest BCUT2D eigenvalue weighted by atomic mass is 10.1. The van der Waals surface area contributed by atoms with Crippen molar-refractivity contribution in [1.29, 1.82) is 0 Å². The number of anilines is 1. The van der Waals surface area contributed by atoms with Crippen molar-refractivity contribution in [2.45, 2.75) is 26.9 Å². The Kier molecular flexibility index (Phi) is 5.59. The zero-order valence-corrected chi connectivity index (χ0v) is 15.0. The van der Waals surface area contributed by atoms with E-state index in [4.69, 9.17) is 0 Å². The van der Waals surface area contributed by atoms with Gasteiger partial charge in [0.05, 0.1) is 12.4 Å².